The Morgan fingerprint density at radius 1 is 0.833 bits per heavy atom. The van der Waals surface area contributed by atoms with Gasteiger partial charge in [-0.3, -0.25) is 0 Å². The number of nitrogens with two attached hydrogens (primary N) is 1. The van der Waals surface area contributed by atoms with Crippen molar-refractivity contribution in [1.29, 1.82) is 0 Å². The molecule has 2 N–H and O–H groups in total. The first-order valence-corrected chi connectivity index (χ1v) is 5.60. The molecule has 0 unspecified atom stereocenters. The van der Waals surface area contributed by atoms with E-state index in [1.165, 1.54) is 25.2 Å². The van der Waals surface area contributed by atoms with Crippen LogP contribution < -0.4 is 5.73 Å². The summed E-state index contributed by atoms with van der Waals surface area (Å²) in [6.07, 6.45) is 4.55. The minimum atomic E-state index is 0.384. The van der Waals surface area contributed by atoms with E-state index >= 15 is 0 Å². The van der Waals surface area contributed by atoms with Gasteiger partial charge >= 0.3 is 0 Å². The molecule has 2 bridgehead atoms. The van der Waals surface area contributed by atoms with Crippen LogP contribution in [0, 0.1) is 41.4 Å². The summed E-state index contributed by atoms with van der Waals surface area (Å²) in [6.45, 7) is 0. The predicted octanol–water partition coefficient (Wildman–Crippen LogP) is 1.24. The summed E-state index contributed by atoms with van der Waals surface area (Å²) in [6, 6.07) is 0. The molecule has 6 atom stereocenters. The normalized spacial score (nSPS) is 85.2. The molecule has 6 aliphatic rings. The summed E-state index contributed by atoms with van der Waals surface area (Å²) in [4.78, 5) is 0. The zero-order valence-corrected chi connectivity index (χ0v) is 7.24. The molecule has 0 saturated heterocycles. The van der Waals surface area contributed by atoms with E-state index in [9.17, 15) is 0 Å². The third-order valence-corrected chi connectivity index (χ3v) is 5.93. The molecule has 0 radical (unpaired) electrons. The van der Waals surface area contributed by atoms with E-state index in [1.54, 1.807) is 0 Å². The molecule has 6 aliphatic carbocycles. The van der Waals surface area contributed by atoms with Crippen molar-refractivity contribution < 1.29 is 0 Å². The van der Waals surface area contributed by atoms with Gasteiger partial charge < -0.3 is 5.73 Å². The molecule has 0 aromatic carbocycles. The predicted molar refractivity (Wildman–Crippen MR) is 45.2 cm³/mol. The van der Waals surface area contributed by atoms with E-state index in [4.69, 9.17) is 5.73 Å². The summed E-state index contributed by atoms with van der Waals surface area (Å²) < 4.78 is 0. The Morgan fingerprint density at radius 3 is 1.67 bits per heavy atom. The van der Waals surface area contributed by atoms with Crippen LogP contribution in [-0.4, -0.2) is 5.54 Å². The molecule has 0 spiro atoms. The van der Waals surface area contributed by atoms with E-state index < -0.39 is 0 Å². The van der Waals surface area contributed by atoms with Gasteiger partial charge in [-0.25, -0.2) is 0 Å². The van der Waals surface area contributed by atoms with E-state index in [1.807, 2.05) is 0 Å². The monoisotopic (exact) mass is 161 g/mol. The molecule has 1 nitrogen and oxygen atoms in total. The van der Waals surface area contributed by atoms with Crippen molar-refractivity contribution in [2.24, 2.45) is 47.2 Å². The first-order valence-electron chi connectivity index (χ1n) is 5.60. The second kappa shape index (κ2) is 1.21. The average Bonchev–Trinajstić information content (AvgIpc) is 2.90. The van der Waals surface area contributed by atoms with Crippen LogP contribution in [0.25, 0.3) is 0 Å². The Bertz CT molecular complexity index is 252. The van der Waals surface area contributed by atoms with Crippen molar-refractivity contribution in [3.05, 3.63) is 0 Å². The van der Waals surface area contributed by atoms with Crippen molar-refractivity contribution >= 4 is 0 Å². The average molecular weight is 161 g/mol. The fourth-order valence-electron chi connectivity index (χ4n) is 5.42. The largest absolute Gasteiger partial charge is 0.324 e. The zero-order valence-electron chi connectivity index (χ0n) is 7.24. The molecule has 0 aromatic rings. The summed E-state index contributed by atoms with van der Waals surface area (Å²) in [5.41, 5.74) is 7.04. The first-order chi connectivity index (χ1) is 5.82. The SMILES string of the molecule is NC12[C@H]3C[C@H]3C([C@@H]3C[C@@H]31)[C@@H]1C[C@@H]12. The standard InChI is InChI=1S/C11H15N/c12-11-7-1-4(7)10(5-2-8(5)11)6-3-9(6)11/h4-10H,1-3,12H2/t4-,5-,6-,7+,8+,9+,10?,11?/m1/s1. The Kier molecular flexibility index (Phi) is 0.569. The zero-order chi connectivity index (χ0) is 7.66. The Hall–Kier alpha value is -0.0400. The highest BCUT2D eigenvalue weighted by Gasteiger charge is 2.82. The lowest BCUT2D eigenvalue weighted by atomic mass is 9.66. The molecule has 6 saturated carbocycles. The fourth-order valence-corrected chi connectivity index (χ4v) is 5.42. The van der Waals surface area contributed by atoms with Gasteiger partial charge in [0, 0.05) is 5.54 Å². The second-order valence-electron chi connectivity index (χ2n) is 6.10. The number of rotatable bonds is 0. The van der Waals surface area contributed by atoms with Gasteiger partial charge in [-0.2, -0.15) is 0 Å². The molecule has 0 aromatic heterocycles. The molecule has 6 rings (SSSR count). The Labute approximate surface area is 72.7 Å². The minimum absolute atomic E-state index is 0.384. The molecule has 0 heterocycles. The molecule has 6 fully saturated rings. The van der Waals surface area contributed by atoms with Crippen molar-refractivity contribution in [3.8, 4) is 0 Å². The Morgan fingerprint density at radius 2 is 1.25 bits per heavy atom. The highest BCUT2D eigenvalue weighted by Crippen LogP contribution is 2.83. The van der Waals surface area contributed by atoms with Gasteiger partial charge in [0.15, 0.2) is 0 Å². The van der Waals surface area contributed by atoms with E-state index in [-0.39, 0.29) is 0 Å². The quantitative estimate of drug-likeness (QED) is 0.568. The van der Waals surface area contributed by atoms with Crippen LogP contribution in [0.15, 0.2) is 0 Å². The van der Waals surface area contributed by atoms with Crippen molar-refractivity contribution in [2.45, 2.75) is 24.8 Å². The topological polar surface area (TPSA) is 26.0 Å². The summed E-state index contributed by atoms with van der Waals surface area (Å²) in [7, 11) is 0. The second-order valence-corrected chi connectivity index (χ2v) is 6.10. The van der Waals surface area contributed by atoms with Gasteiger partial charge in [-0.15, -0.1) is 0 Å². The van der Waals surface area contributed by atoms with Crippen LogP contribution in [0.3, 0.4) is 0 Å². The molecule has 64 valence electrons. The first kappa shape index (κ1) is 5.64. The van der Waals surface area contributed by atoms with Crippen LogP contribution in [0.5, 0.6) is 0 Å². The number of hydrogen-bond donors (Lipinski definition) is 1. The third-order valence-electron chi connectivity index (χ3n) is 5.93. The fraction of sp³-hybridized carbons (Fsp3) is 1.00. The summed E-state index contributed by atoms with van der Waals surface area (Å²) >= 11 is 0. The maximum atomic E-state index is 6.65. The lowest BCUT2D eigenvalue weighted by Crippen LogP contribution is -2.55. The van der Waals surface area contributed by atoms with Crippen LogP contribution in [0.2, 0.25) is 0 Å². The van der Waals surface area contributed by atoms with Crippen molar-refractivity contribution in [1.82, 2.24) is 0 Å². The van der Waals surface area contributed by atoms with Gasteiger partial charge in [-0.1, -0.05) is 0 Å². The van der Waals surface area contributed by atoms with Crippen molar-refractivity contribution in [3.63, 3.8) is 0 Å². The van der Waals surface area contributed by atoms with E-state index in [0.717, 1.165) is 35.5 Å². The van der Waals surface area contributed by atoms with E-state index in [2.05, 4.69) is 0 Å². The van der Waals surface area contributed by atoms with Crippen LogP contribution in [-0.2, 0) is 0 Å². The van der Waals surface area contributed by atoms with Gasteiger partial charge in [-0.05, 0) is 60.7 Å². The van der Waals surface area contributed by atoms with Crippen LogP contribution in [0.4, 0.5) is 0 Å². The molecule has 0 amide bonds. The van der Waals surface area contributed by atoms with Gasteiger partial charge in [0.1, 0.15) is 0 Å². The Balaban J connectivity index is 1.80. The highest BCUT2D eigenvalue weighted by atomic mass is 15.0. The smallest absolute Gasteiger partial charge is 0.0248 e. The maximum Gasteiger partial charge on any atom is 0.0248 e. The minimum Gasteiger partial charge on any atom is -0.324 e. The molecule has 1 heteroatoms. The summed E-state index contributed by atoms with van der Waals surface area (Å²) in [5.74, 6) is 7.50. The van der Waals surface area contributed by atoms with Crippen LogP contribution >= 0.6 is 0 Å². The molecular weight excluding hydrogens is 146 g/mol. The molecule has 12 heavy (non-hydrogen) atoms. The van der Waals surface area contributed by atoms with Gasteiger partial charge in [0.2, 0.25) is 0 Å². The highest BCUT2D eigenvalue weighted by molar-refractivity contribution is 5.33. The van der Waals surface area contributed by atoms with E-state index in [0.29, 0.717) is 5.54 Å². The van der Waals surface area contributed by atoms with Gasteiger partial charge in [0.05, 0.1) is 0 Å². The number of hydrogen-bond acceptors (Lipinski definition) is 1. The molecule has 0 aliphatic heterocycles. The lowest BCUT2D eigenvalue weighted by molar-refractivity contribution is 0.0992. The lowest BCUT2D eigenvalue weighted by Gasteiger charge is -2.42. The van der Waals surface area contributed by atoms with Gasteiger partial charge in [0.25, 0.3) is 0 Å². The third kappa shape index (κ3) is 0.348. The maximum absolute atomic E-state index is 6.65. The van der Waals surface area contributed by atoms with Crippen LogP contribution in [0.1, 0.15) is 19.3 Å². The molecular formula is C11H15N. The summed E-state index contributed by atoms with van der Waals surface area (Å²) in [5, 5.41) is 0. The van der Waals surface area contributed by atoms with Crippen molar-refractivity contribution in [2.75, 3.05) is 0 Å².